The van der Waals surface area contributed by atoms with E-state index in [0.29, 0.717) is 12.2 Å². The molecule has 0 fully saturated rings. The molecule has 8 heteroatoms. The van der Waals surface area contributed by atoms with E-state index in [0.717, 1.165) is 35.1 Å². The van der Waals surface area contributed by atoms with E-state index in [4.69, 9.17) is 0 Å². The minimum absolute atomic E-state index is 0.128. The standard InChI is InChI=1S/C25H31N5O3/c1-5-6-11-22(31)30(23(16(2)3)25(32)33)17(4)18-12-14-19(15-13-18)20-9-7-8-10-21(20)24-26-28-29-27-24/h7-10,12-17,23H,5-6,11H2,1-4H3,(H,32,33)(H,26,27,28,29). The number of unbranched alkanes of at least 4 members (excludes halogenated alkanes) is 1. The third-order valence-corrected chi connectivity index (χ3v) is 5.85. The summed E-state index contributed by atoms with van der Waals surface area (Å²) in [4.78, 5) is 26.7. The second-order valence-corrected chi connectivity index (χ2v) is 8.51. The van der Waals surface area contributed by atoms with Crippen molar-refractivity contribution in [3.05, 3.63) is 54.1 Å². The van der Waals surface area contributed by atoms with Gasteiger partial charge in [0.1, 0.15) is 6.04 Å². The second-order valence-electron chi connectivity index (χ2n) is 8.51. The molecule has 0 aliphatic carbocycles. The first-order chi connectivity index (χ1) is 15.8. The maximum atomic E-state index is 13.1. The van der Waals surface area contributed by atoms with Crippen LogP contribution in [0.4, 0.5) is 0 Å². The van der Waals surface area contributed by atoms with Crippen molar-refractivity contribution in [3.8, 4) is 22.5 Å². The van der Waals surface area contributed by atoms with Gasteiger partial charge in [-0.25, -0.2) is 4.79 Å². The molecule has 0 aliphatic rings. The van der Waals surface area contributed by atoms with Gasteiger partial charge < -0.3 is 10.0 Å². The molecule has 0 aliphatic heterocycles. The number of aromatic nitrogens is 4. The Bertz CT molecular complexity index is 1060. The number of H-pyrrole nitrogens is 1. The zero-order valence-corrected chi connectivity index (χ0v) is 19.5. The monoisotopic (exact) mass is 449 g/mol. The number of carbonyl (C=O) groups excluding carboxylic acids is 1. The van der Waals surface area contributed by atoms with E-state index in [1.54, 1.807) is 4.90 Å². The molecule has 33 heavy (non-hydrogen) atoms. The van der Waals surface area contributed by atoms with Crippen molar-refractivity contribution < 1.29 is 14.7 Å². The lowest BCUT2D eigenvalue weighted by atomic mass is 9.94. The predicted octanol–water partition coefficient (Wildman–Crippen LogP) is 4.72. The van der Waals surface area contributed by atoms with E-state index in [1.165, 1.54) is 0 Å². The van der Waals surface area contributed by atoms with Crippen molar-refractivity contribution in [2.24, 2.45) is 5.92 Å². The fraction of sp³-hybridized carbons (Fsp3) is 0.400. The van der Waals surface area contributed by atoms with Crippen LogP contribution in [-0.4, -0.2) is 48.5 Å². The Hall–Kier alpha value is -3.55. The largest absolute Gasteiger partial charge is 0.480 e. The number of carboxylic acid groups (broad SMARTS) is 1. The third kappa shape index (κ3) is 5.45. The molecule has 174 valence electrons. The van der Waals surface area contributed by atoms with Gasteiger partial charge in [0.15, 0.2) is 0 Å². The van der Waals surface area contributed by atoms with Gasteiger partial charge in [0.2, 0.25) is 11.7 Å². The molecule has 0 spiro atoms. The molecule has 2 atom stereocenters. The summed E-state index contributed by atoms with van der Waals surface area (Å²) in [6, 6.07) is 14.4. The van der Waals surface area contributed by atoms with E-state index >= 15 is 0 Å². The van der Waals surface area contributed by atoms with Crippen LogP contribution in [0.2, 0.25) is 0 Å². The molecule has 1 heterocycles. The van der Waals surface area contributed by atoms with Gasteiger partial charge in [-0.2, -0.15) is 5.21 Å². The highest BCUT2D eigenvalue weighted by Gasteiger charge is 2.35. The molecule has 0 bridgehead atoms. The van der Waals surface area contributed by atoms with E-state index in [1.807, 2.05) is 76.2 Å². The van der Waals surface area contributed by atoms with Crippen LogP contribution in [0.15, 0.2) is 48.5 Å². The number of carbonyl (C=O) groups is 2. The van der Waals surface area contributed by atoms with Gasteiger partial charge in [-0.05, 0) is 41.2 Å². The Morgan fingerprint density at radius 2 is 1.70 bits per heavy atom. The van der Waals surface area contributed by atoms with Crippen molar-refractivity contribution >= 4 is 11.9 Å². The number of hydrogen-bond donors (Lipinski definition) is 2. The van der Waals surface area contributed by atoms with Crippen LogP contribution in [0.5, 0.6) is 0 Å². The minimum Gasteiger partial charge on any atom is -0.480 e. The van der Waals surface area contributed by atoms with Crippen LogP contribution < -0.4 is 0 Å². The van der Waals surface area contributed by atoms with Gasteiger partial charge in [-0.15, -0.1) is 10.2 Å². The van der Waals surface area contributed by atoms with Crippen molar-refractivity contribution in [1.29, 1.82) is 0 Å². The summed E-state index contributed by atoms with van der Waals surface area (Å²) in [6.07, 6.45) is 1.95. The van der Waals surface area contributed by atoms with Crippen LogP contribution in [0.1, 0.15) is 58.6 Å². The summed E-state index contributed by atoms with van der Waals surface area (Å²) >= 11 is 0. The van der Waals surface area contributed by atoms with Crippen LogP contribution in [-0.2, 0) is 9.59 Å². The minimum atomic E-state index is -0.979. The van der Waals surface area contributed by atoms with Crippen LogP contribution in [0, 0.1) is 5.92 Å². The molecule has 0 saturated carbocycles. The average molecular weight is 450 g/mol. The molecule has 3 aromatic rings. The Labute approximate surface area is 194 Å². The Kier molecular flexibility index (Phi) is 7.92. The number of aliphatic carboxylic acids is 1. The van der Waals surface area contributed by atoms with Crippen LogP contribution >= 0.6 is 0 Å². The summed E-state index contributed by atoms with van der Waals surface area (Å²) in [5, 5.41) is 24.2. The zero-order valence-electron chi connectivity index (χ0n) is 19.5. The average Bonchev–Trinajstić information content (AvgIpc) is 3.35. The predicted molar refractivity (Wildman–Crippen MR) is 126 cm³/mol. The molecule has 2 aromatic carbocycles. The van der Waals surface area contributed by atoms with E-state index in [-0.39, 0.29) is 17.9 Å². The summed E-state index contributed by atoms with van der Waals surface area (Å²) < 4.78 is 0. The van der Waals surface area contributed by atoms with Gasteiger partial charge in [0.25, 0.3) is 0 Å². The Morgan fingerprint density at radius 3 is 2.24 bits per heavy atom. The summed E-state index contributed by atoms with van der Waals surface area (Å²) in [5.74, 6) is -0.807. The molecule has 3 rings (SSSR count). The molecule has 1 aromatic heterocycles. The first-order valence-electron chi connectivity index (χ1n) is 11.3. The molecule has 1 amide bonds. The number of carboxylic acids is 1. The second kappa shape index (κ2) is 10.8. The summed E-state index contributed by atoms with van der Waals surface area (Å²) in [7, 11) is 0. The number of nitrogens with zero attached hydrogens (tertiary/aromatic N) is 4. The van der Waals surface area contributed by atoms with Gasteiger partial charge in [-0.3, -0.25) is 4.79 Å². The number of rotatable bonds is 10. The topological polar surface area (TPSA) is 112 Å². The zero-order chi connectivity index (χ0) is 24.0. The SMILES string of the molecule is CCCCC(=O)N(C(C)c1ccc(-c2ccccc2-c2nn[nH]n2)cc1)C(C(=O)O)C(C)C. The van der Waals surface area contributed by atoms with E-state index < -0.39 is 12.0 Å². The van der Waals surface area contributed by atoms with Crippen LogP contribution in [0.25, 0.3) is 22.5 Å². The first kappa shape index (κ1) is 24.1. The lowest BCUT2D eigenvalue weighted by molar-refractivity contribution is -0.154. The van der Waals surface area contributed by atoms with Gasteiger partial charge in [0, 0.05) is 12.0 Å². The molecular weight excluding hydrogens is 418 g/mol. The number of benzene rings is 2. The van der Waals surface area contributed by atoms with Crippen molar-refractivity contribution in [1.82, 2.24) is 25.5 Å². The quantitative estimate of drug-likeness (QED) is 0.463. The summed E-state index contributed by atoms with van der Waals surface area (Å²) in [6.45, 7) is 7.58. The van der Waals surface area contributed by atoms with Crippen molar-refractivity contribution in [2.75, 3.05) is 0 Å². The van der Waals surface area contributed by atoms with Crippen molar-refractivity contribution in [2.45, 2.75) is 59.0 Å². The number of aromatic amines is 1. The highest BCUT2D eigenvalue weighted by atomic mass is 16.4. The first-order valence-corrected chi connectivity index (χ1v) is 11.3. The molecule has 0 radical (unpaired) electrons. The van der Waals surface area contributed by atoms with Crippen molar-refractivity contribution in [3.63, 3.8) is 0 Å². The molecule has 2 N–H and O–H groups in total. The lowest BCUT2D eigenvalue weighted by Gasteiger charge is -2.37. The molecular formula is C25H31N5O3. The highest BCUT2D eigenvalue weighted by molar-refractivity contribution is 5.84. The number of tetrazole rings is 1. The molecule has 2 unspecified atom stereocenters. The normalized spacial score (nSPS) is 13.0. The van der Waals surface area contributed by atoms with E-state index in [2.05, 4.69) is 20.6 Å². The lowest BCUT2D eigenvalue weighted by Crippen LogP contribution is -2.49. The Balaban J connectivity index is 1.94. The summed E-state index contributed by atoms with van der Waals surface area (Å²) in [5.41, 5.74) is 3.66. The number of hydrogen-bond acceptors (Lipinski definition) is 5. The fourth-order valence-electron chi connectivity index (χ4n) is 4.10. The van der Waals surface area contributed by atoms with Gasteiger partial charge in [0.05, 0.1) is 6.04 Å². The van der Waals surface area contributed by atoms with Gasteiger partial charge >= 0.3 is 5.97 Å². The number of amides is 1. The number of nitrogens with one attached hydrogen (secondary N) is 1. The Morgan fingerprint density at radius 1 is 1.03 bits per heavy atom. The highest BCUT2D eigenvalue weighted by Crippen LogP contribution is 2.32. The smallest absolute Gasteiger partial charge is 0.326 e. The maximum Gasteiger partial charge on any atom is 0.326 e. The van der Waals surface area contributed by atoms with E-state index in [9.17, 15) is 14.7 Å². The van der Waals surface area contributed by atoms with Crippen LogP contribution in [0.3, 0.4) is 0 Å². The molecule has 8 nitrogen and oxygen atoms in total. The third-order valence-electron chi connectivity index (χ3n) is 5.85. The maximum absolute atomic E-state index is 13.1. The molecule has 0 saturated heterocycles. The van der Waals surface area contributed by atoms with Gasteiger partial charge in [-0.1, -0.05) is 75.7 Å². The fourth-order valence-corrected chi connectivity index (χ4v) is 4.10.